The molecule has 0 bridgehead atoms. The van der Waals surface area contributed by atoms with E-state index in [4.69, 9.17) is 5.73 Å². The van der Waals surface area contributed by atoms with Crippen LogP contribution in [0.2, 0.25) is 0 Å². The molecule has 30 heavy (non-hydrogen) atoms. The van der Waals surface area contributed by atoms with Gasteiger partial charge in [-0.3, -0.25) is 4.79 Å². The molecule has 4 N–H and O–H groups in total. The van der Waals surface area contributed by atoms with Crippen molar-refractivity contribution in [3.8, 4) is 0 Å². The first kappa shape index (κ1) is 18.8. The number of rotatable bonds is 4. The van der Waals surface area contributed by atoms with Crippen molar-refractivity contribution in [2.75, 3.05) is 5.32 Å². The molecule has 3 aromatic carbocycles. The predicted molar refractivity (Wildman–Crippen MR) is 114 cm³/mol. The molecule has 0 saturated heterocycles. The fourth-order valence-electron chi connectivity index (χ4n) is 4.20. The molecule has 1 heterocycles. The van der Waals surface area contributed by atoms with Gasteiger partial charge in [0.2, 0.25) is 5.91 Å². The van der Waals surface area contributed by atoms with Gasteiger partial charge in [0.25, 0.3) is 0 Å². The molecular weight excluding hydrogens is 384 g/mol. The Hall–Kier alpha value is -3.25. The van der Waals surface area contributed by atoms with Crippen LogP contribution in [0.25, 0.3) is 21.8 Å². The van der Waals surface area contributed by atoms with Gasteiger partial charge in [-0.05, 0) is 54.7 Å². The molecule has 1 aliphatic carbocycles. The lowest BCUT2D eigenvalue weighted by molar-refractivity contribution is -0.115. The second-order valence-corrected chi connectivity index (χ2v) is 8.13. The van der Waals surface area contributed by atoms with E-state index in [9.17, 15) is 13.6 Å². The molecule has 4 aromatic rings. The van der Waals surface area contributed by atoms with E-state index in [1.165, 1.54) is 6.07 Å². The summed E-state index contributed by atoms with van der Waals surface area (Å²) in [6.07, 6.45) is 3.24. The fraction of sp³-hybridized carbons (Fsp3) is 0.208. The Morgan fingerprint density at radius 1 is 1.00 bits per heavy atom. The molecule has 1 aromatic heterocycles. The Kier molecular flexibility index (Phi) is 4.33. The second-order valence-electron chi connectivity index (χ2n) is 8.13. The van der Waals surface area contributed by atoms with Gasteiger partial charge < -0.3 is 16.0 Å². The first-order chi connectivity index (χ1) is 14.4. The third kappa shape index (κ3) is 3.23. The van der Waals surface area contributed by atoms with E-state index in [0.717, 1.165) is 53.0 Å². The summed E-state index contributed by atoms with van der Waals surface area (Å²) in [6.45, 7) is 0. The summed E-state index contributed by atoms with van der Waals surface area (Å²) in [5, 5.41) is 4.34. The number of halogens is 2. The molecular formula is C24H21F2N3O. The predicted octanol–water partition coefficient (Wildman–Crippen LogP) is 5.12. The van der Waals surface area contributed by atoms with Crippen molar-refractivity contribution in [2.45, 2.75) is 31.2 Å². The number of carbonyl (C=O) groups is 1. The Morgan fingerprint density at radius 2 is 1.77 bits per heavy atom. The van der Waals surface area contributed by atoms with E-state index in [1.807, 2.05) is 42.5 Å². The van der Waals surface area contributed by atoms with Crippen molar-refractivity contribution in [1.29, 1.82) is 0 Å². The van der Waals surface area contributed by atoms with Gasteiger partial charge in [0.15, 0.2) is 11.6 Å². The van der Waals surface area contributed by atoms with Crippen LogP contribution in [0.1, 0.15) is 30.4 Å². The van der Waals surface area contributed by atoms with Gasteiger partial charge in [-0.25, -0.2) is 8.78 Å². The van der Waals surface area contributed by atoms with Crippen molar-refractivity contribution in [2.24, 2.45) is 5.73 Å². The average Bonchev–Trinajstić information content (AvgIpc) is 3.03. The minimum absolute atomic E-state index is 0.139. The number of nitrogens with one attached hydrogen (secondary N) is 2. The molecule has 1 aliphatic rings. The molecule has 152 valence electrons. The number of hydrogen-bond acceptors (Lipinski definition) is 2. The van der Waals surface area contributed by atoms with Crippen molar-refractivity contribution in [1.82, 2.24) is 4.98 Å². The van der Waals surface area contributed by atoms with Gasteiger partial charge >= 0.3 is 0 Å². The maximum absolute atomic E-state index is 13.6. The van der Waals surface area contributed by atoms with E-state index in [1.54, 1.807) is 0 Å². The number of benzene rings is 3. The lowest BCUT2D eigenvalue weighted by atomic mass is 9.73. The molecule has 4 nitrogen and oxygen atoms in total. The second kappa shape index (κ2) is 6.92. The average molecular weight is 405 g/mol. The van der Waals surface area contributed by atoms with Gasteiger partial charge in [-0.1, -0.05) is 24.3 Å². The van der Waals surface area contributed by atoms with Gasteiger partial charge in [0.05, 0.1) is 6.42 Å². The van der Waals surface area contributed by atoms with Crippen LogP contribution in [0.3, 0.4) is 0 Å². The molecule has 1 amide bonds. The standard InChI is InChI=1S/C24H21F2N3O/c25-19-12-18-17-6-5-14(9-21(17)29-22(18)13-20(19)26)10-23(30)28-16-4-1-3-15(11-16)24(27)7-2-8-24/h1,3-6,9,11-13,29H,2,7-8,10,27H2,(H,28,30). The number of hydrogen-bond donors (Lipinski definition) is 3. The van der Waals surface area contributed by atoms with Crippen LogP contribution in [0.4, 0.5) is 14.5 Å². The summed E-state index contributed by atoms with van der Waals surface area (Å²) in [6, 6.07) is 15.5. The van der Waals surface area contributed by atoms with Crippen LogP contribution in [0, 0.1) is 11.6 Å². The van der Waals surface area contributed by atoms with Crippen molar-refractivity contribution >= 4 is 33.4 Å². The Labute approximate surface area is 172 Å². The summed E-state index contributed by atoms with van der Waals surface area (Å²) < 4.78 is 27.1. The van der Waals surface area contributed by atoms with Crippen molar-refractivity contribution < 1.29 is 13.6 Å². The molecule has 1 saturated carbocycles. The third-order valence-electron chi connectivity index (χ3n) is 6.04. The van der Waals surface area contributed by atoms with Crippen LogP contribution in [-0.4, -0.2) is 10.9 Å². The first-order valence-corrected chi connectivity index (χ1v) is 10.00. The van der Waals surface area contributed by atoms with E-state index in [0.29, 0.717) is 10.9 Å². The first-order valence-electron chi connectivity index (χ1n) is 10.00. The molecule has 5 rings (SSSR count). The summed E-state index contributed by atoms with van der Waals surface area (Å²) >= 11 is 0. The number of anilines is 1. The normalized spacial score (nSPS) is 15.3. The highest BCUT2D eigenvalue weighted by Gasteiger charge is 2.34. The Bertz CT molecular complexity index is 1290. The number of aromatic nitrogens is 1. The number of fused-ring (bicyclic) bond motifs is 3. The number of carbonyl (C=O) groups excluding carboxylic acids is 1. The number of nitrogens with two attached hydrogens (primary N) is 1. The Morgan fingerprint density at radius 3 is 2.53 bits per heavy atom. The highest BCUT2D eigenvalue weighted by atomic mass is 19.2. The van der Waals surface area contributed by atoms with E-state index < -0.39 is 11.6 Å². The fourth-order valence-corrected chi connectivity index (χ4v) is 4.20. The quantitative estimate of drug-likeness (QED) is 0.441. The zero-order valence-corrected chi connectivity index (χ0v) is 16.3. The van der Waals surface area contributed by atoms with Gasteiger partial charge in [0.1, 0.15) is 0 Å². The zero-order valence-electron chi connectivity index (χ0n) is 16.3. The minimum atomic E-state index is -0.892. The highest BCUT2D eigenvalue weighted by molar-refractivity contribution is 6.07. The van der Waals surface area contributed by atoms with Crippen molar-refractivity contribution in [3.05, 3.63) is 77.4 Å². The molecule has 6 heteroatoms. The van der Waals surface area contributed by atoms with Crippen LogP contribution < -0.4 is 11.1 Å². The van der Waals surface area contributed by atoms with Gasteiger partial charge in [0, 0.05) is 39.1 Å². The monoisotopic (exact) mass is 405 g/mol. The third-order valence-corrected chi connectivity index (χ3v) is 6.04. The van der Waals surface area contributed by atoms with E-state index >= 15 is 0 Å². The highest BCUT2D eigenvalue weighted by Crippen LogP contribution is 2.39. The maximum Gasteiger partial charge on any atom is 0.228 e. The summed E-state index contributed by atoms with van der Waals surface area (Å²) in [5.74, 6) is -1.91. The van der Waals surface area contributed by atoms with Crippen LogP contribution in [0.5, 0.6) is 0 Å². The SMILES string of the molecule is NC1(c2cccc(NC(=O)Cc3ccc4c(c3)[nH]c3cc(F)c(F)cc34)c2)CCC1. The molecule has 0 aliphatic heterocycles. The molecule has 0 spiro atoms. The van der Waals surface area contributed by atoms with Gasteiger partial charge in [-0.2, -0.15) is 0 Å². The van der Waals surface area contributed by atoms with Crippen LogP contribution >= 0.6 is 0 Å². The van der Waals surface area contributed by atoms with Crippen molar-refractivity contribution in [3.63, 3.8) is 0 Å². The van der Waals surface area contributed by atoms with Crippen LogP contribution in [0.15, 0.2) is 54.6 Å². The topological polar surface area (TPSA) is 70.9 Å². The molecule has 0 radical (unpaired) electrons. The van der Waals surface area contributed by atoms with E-state index in [2.05, 4.69) is 10.3 Å². The smallest absolute Gasteiger partial charge is 0.228 e. The summed E-state index contributed by atoms with van der Waals surface area (Å²) in [5.41, 5.74) is 9.95. The Balaban J connectivity index is 1.36. The number of aromatic amines is 1. The zero-order chi connectivity index (χ0) is 20.9. The lowest BCUT2D eigenvalue weighted by Crippen LogP contribution is -2.43. The molecule has 0 unspecified atom stereocenters. The summed E-state index contributed by atoms with van der Waals surface area (Å²) in [4.78, 5) is 15.7. The number of amides is 1. The van der Waals surface area contributed by atoms with Gasteiger partial charge in [-0.15, -0.1) is 0 Å². The lowest BCUT2D eigenvalue weighted by Gasteiger charge is -2.38. The molecule has 0 atom stereocenters. The summed E-state index contributed by atoms with van der Waals surface area (Å²) in [7, 11) is 0. The largest absolute Gasteiger partial charge is 0.354 e. The van der Waals surface area contributed by atoms with E-state index in [-0.39, 0.29) is 17.9 Å². The number of H-pyrrole nitrogens is 1. The maximum atomic E-state index is 13.6. The van der Waals surface area contributed by atoms with Crippen LogP contribution in [-0.2, 0) is 16.8 Å². The minimum Gasteiger partial charge on any atom is -0.354 e. The molecule has 1 fully saturated rings.